The van der Waals surface area contributed by atoms with Crippen molar-refractivity contribution >= 4 is 11.7 Å². The Morgan fingerprint density at radius 3 is 2.84 bits per heavy atom. The van der Waals surface area contributed by atoms with Crippen molar-refractivity contribution in [3.8, 4) is 0 Å². The Labute approximate surface area is 113 Å². The normalized spacial score (nSPS) is 16.1. The summed E-state index contributed by atoms with van der Waals surface area (Å²) < 4.78 is 5.24. The molecule has 1 aromatic heterocycles. The number of aryl methyl sites for hydroxylation is 1. The lowest BCUT2D eigenvalue weighted by Crippen LogP contribution is -2.48. The Hall–Kier alpha value is -1.66. The third-order valence-electron chi connectivity index (χ3n) is 2.84. The minimum Gasteiger partial charge on any atom is -0.379 e. The summed E-state index contributed by atoms with van der Waals surface area (Å²) in [6.45, 7) is 7.40. The maximum atomic E-state index is 12.2. The molecule has 1 amide bonds. The largest absolute Gasteiger partial charge is 0.379 e. The van der Waals surface area contributed by atoms with E-state index in [1.807, 2.05) is 18.9 Å². The number of nitrogens with one attached hydrogen (secondary N) is 2. The summed E-state index contributed by atoms with van der Waals surface area (Å²) in [5.74, 6) is 0.626. The van der Waals surface area contributed by atoms with Gasteiger partial charge in [-0.05, 0) is 26.0 Å². The SMILES string of the molecule is CCNc1cc(C(=O)NN2CCOCC2)cc(C)n1. The number of ether oxygens (including phenoxy) is 1. The fraction of sp³-hybridized carbons (Fsp3) is 0.538. The molecule has 0 aromatic carbocycles. The average Bonchev–Trinajstić information content (AvgIpc) is 2.39. The Kier molecular flexibility index (Phi) is 4.70. The zero-order valence-electron chi connectivity index (χ0n) is 11.4. The topological polar surface area (TPSA) is 66.5 Å². The van der Waals surface area contributed by atoms with E-state index >= 15 is 0 Å². The van der Waals surface area contributed by atoms with Crippen molar-refractivity contribution in [1.82, 2.24) is 15.4 Å². The smallest absolute Gasteiger partial charge is 0.265 e. The number of hydrogen-bond donors (Lipinski definition) is 2. The molecular formula is C13H20N4O2. The van der Waals surface area contributed by atoms with Crippen LogP contribution in [0, 0.1) is 6.92 Å². The van der Waals surface area contributed by atoms with Crippen LogP contribution in [0.2, 0.25) is 0 Å². The van der Waals surface area contributed by atoms with Gasteiger partial charge in [0.05, 0.1) is 13.2 Å². The van der Waals surface area contributed by atoms with Crippen molar-refractivity contribution < 1.29 is 9.53 Å². The second-order valence-electron chi connectivity index (χ2n) is 4.45. The third-order valence-corrected chi connectivity index (χ3v) is 2.84. The van der Waals surface area contributed by atoms with Gasteiger partial charge in [-0.15, -0.1) is 0 Å². The number of carbonyl (C=O) groups is 1. The van der Waals surface area contributed by atoms with Crippen LogP contribution in [0.15, 0.2) is 12.1 Å². The molecule has 19 heavy (non-hydrogen) atoms. The van der Waals surface area contributed by atoms with E-state index in [0.717, 1.165) is 31.1 Å². The number of hydrazine groups is 1. The van der Waals surface area contributed by atoms with Crippen LogP contribution >= 0.6 is 0 Å². The summed E-state index contributed by atoms with van der Waals surface area (Å²) in [5.41, 5.74) is 4.34. The first kappa shape index (κ1) is 13.8. The number of anilines is 1. The molecule has 2 N–H and O–H groups in total. The second-order valence-corrected chi connectivity index (χ2v) is 4.45. The minimum absolute atomic E-state index is 0.105. The van der Waals surface area contributed by atoms with E-state index in [4.69, 9.17) is 4.74 Å². The molecule has 1 aliphatic heterocycles. The van der Waals surface area contributed by atoms with Crippen LogP contribution in [0.3, 0.4) is 0 Å². The first-order chi connectivity index (χ1) is 9.19. The average molecular weight is 264 g/mol. The number of rotatable bonds is 4. The number of hydrogen-bond acceptors (Lipinski definition) is 5. The molecule has 1 saturated heterocycles. The Bertz CT molecular complexity index is 444. The van der Waals surface area contributed by atoms with E-state index in [-0.39, 0.29) is 5.91 Å². The third kappa shape index (κ3) is 3.90. The van der Waals surface area contributed by atoms with E-state index in [9.17, 15) is 4.79 Å². The maximum Gasteiger partial charge on any atom is 0.265 e. The van der Waals surface area contributed by atoms with Crippen LogP contribution in [0.5, 0.6) is 0 Å². The monoisotopic (exact) mass is 264 g/mol. The Balaban J connectivity index is 2.05. The number of carbonyl (C=O) groups excluding carboxylic acids is 1. The van der Waals surface area contributed by atoms with Gasteiger partial charge in [-0.25, -0.2) is 9.99 Å². The van der Waals surface area contributed by atoms with Crippen LogP contribution in [0.4, 0.5) is 5.82 Å². The Morgan fingerprint density at radius 2 is 2.16 bits per heavy atom. The van der Waals surface area contributed by atoms with E-state index in [1.54, 1.807) is 12.1 Å². The molecule has 0 spiro atoms. The fourth-order valence-electron chi connectivity index (χ4n) is 1.95. The molecule has 1 fully saturated rings. The van der Waals surface area contributed by atoms with E-state index in [1.165, 1.54) is 0 Å². The van der Waals surface area contributed by atoms with Gasteiger partial charge in [0.2, 0.25) is 0 Å². The predicted molar refractivity (Wildman–Crippen MR) is 73.0 cm³/mol. The molecule has 0 unspecified atom stereocenters. The maximum absolute atomic E-state index is 12.2. The predicted octanol–water partition coefficient (Wildman–Crippen LogP) is 0.799. The Morgan fingerprint density at radius 1 is 1.42 bits per heavy atom. The molecule has 0 saturated carbocycles. The molecule has 2 rings (SSSR count). The lowest BCUT2D eigenvalue weighted by molar-refractivity contribution is 0.0126. The number of nitrogens with zero attached hydrogens (tertiary/aromatic N) is 2. The summed E-state index contributed by atoms with van der Waals surface area (Å²) in [5, 5.41) is 5.01. The summed E-state index contributed by atoms with van der Waals surface area (Å²) >= 11 is 0. The first-order valence-electron chi connectivity index (χ1n) is 6.55. The second kappa shape index (κ2) is 6.49. The lowest BCUT2D eigenvalue weighted by Gasteiger charge is -2.27. The standard InChI is InChI=1S/C13H20N4O2/c1-3-14-12-9-11(8-10(2)15-12)13(18)16-17-4-6-19-7-5-17/h8-9H,3-7H2,1-2H3,(H,14,15)(H,16,18). The van der Waals surface area contributed by atoms with Crippen molar-refractivity contribution in [3.05, 3.63) is 23.4 Å². The lowest BCUT2D eigenvalue weighted by atomic mass is 10.2. The van der Waals surface area contributed by atoms with Crippen molar-refractivity contribution in [3.63, 3.8) is 0 Å². The fourth-order valence-corrected chi connectivity index (χ4v) is 1.95. The zero-order valence-corrected chi connectivity index (χ0v) is 11.4. The van der Waals surface area contributed by atoms with Gasteiger partial charge < -0.3 is 10.1 Å². The summed E-state index contributed by atoms with van der Waals surface area (Å²) in [4.78, 5) is 16.5. The highest BCUT2D eigenvalue weighted by Crippen LogP contribution is 2.10. The number of pyridine rings is 1. The van der Waals surface area contributed by atoms with Crippen LogP contribution in [-0.2, 0) is 4.74 Å². The van der Waals surface area contributed by atoms with Gasteiger partial charge in [0, 0.05) is 30.9 Å². The number of amides is 1. The van der Waals surface area contributed by atoms with Crippen LogP contribution in [-0.4, -0.2) is 48.7 Å². The molecule has 0 aliphatic carbocycles. The first-order valence-corrected chi connectivity index (χ1v) is 6.55. The van der Waals surface area contributed by atoms with Gasteiger partial charge in [-0.3, -0.25) is 10.2 Å². The van der Waals surface area contributed by atoms with Gasteiger partial charge in [0.25, 0.3) is 5.91 Å². The minimum atomic E-state index is -0.105. The molecule has 1 aromatic rings. The van der Waals surface area contributed by atoms with Crippen LogP contribution in [0.1, 0.15) is 23.0 Å². The number of aromatic nitrogens is 1. The summed E-state index contributed by atoms with van der Waals surface area (Å²) in [7, 11) is 0. The van der Waals surface area contributed by atoms with Gasteiger partial charge in [-0.2, -0.15) is 0 Å². The molecule has 1 aliphatic rings. The molecule has 6 nitrogen and oxygen atoms in total. The summed E-state index contributed by atoms with van der Waals surface area (Å²) in [6.07, 6.45) is 0. The van der Waals surface area contributed by atoms with Crippen LogP contribution < -0.4 is 10.7 Å². The van der Waals surface area contributed by atoms with Crippen molar-refractivity contribution in [2.24, 2.45) is 0 Å². The van der Waals surface area contributed by atoms with Gasteiger partial charge >= 0.3 is 0 Å². The highest BCUT2D eigenvalue weighted by atomic mass is 16.5. The van der Waals surface area contributed by atoms with Crippen molar-refractivity contribution in [1.29, 1.82) is 0 Å². The molecule has 0 radical (unpaired) electrons. The van der Waals surface area contributed by atoms with E-state index < -0.39 is 0 Å². The highest BCUT2D eigenvalue weighted by molar-refractivity contribution is 5.94. The molecule has 0 bridgehead atoms. The van der Waals surface area contributed by atoms with Crippen molar-refractivity contribution in [2.45, 2.75) is 13.8 Å². The van der Waals surface area contributed by atoms with Crippen molar-refractivity contribution in [2.75, 3.05) is 38.2 Å². The van der Waals surface area contributed by atoms with Crippen LogP contribution in [0.25, 0.3) is 0 Å². The zero-order chi connectivity index (χ0) is 13.7. The van der Waals surface area contributed by atoms with Gasteiger partial charge in [-0.1, -0.05) is 0 Å². The van der Waals surface area contributed by atoms with Gasteiger partial charge in [0.1, 0.15) is 5.82 Å². The molecule has 2 heterocycles. The van der Waals surface area contributed by atoms with E-state index in [2.05, 4.69) is 15.7 Å². The van der Waals surface area contributed by atoms with Gasteiger partial charge in [0.15, 0.2) is 0 Å². The molecule has 104 valence electrons. The number of morpholine rings is 1. The highest BCUT2D eigenvalue weighted by Gasteiger charge is 2.15. The van der Waals surface area contributed by atoms with E-state index in [0.29, 0.717) is 18.8 Å². The quantitative estimate of drug-likeness (QED) is 0.842. The summed E-state index contributed by atoms with van der Waals surface area (Å²) in [6, 6.07) is 3.56. The molecule has 0 atom stereocenters. The molecule has 6 heteroatoms. The molecular weight excluding hydrogens is 244 g/mol.